The summed E-state index contributed by atoms with van der Waals surface area (Å²) in [5.41, 5.74) is 1.61. The van der Waals surface area contributed by atoms with E-state index in [0.717, 1.165) is 14.5 Å². The van der Waals surface area contributed by atoms with Gasteiger partial charge in [0, 0.05) is 14.9 Å². The van der Waals surface area contributed by atoms with Crippen molar-refractivity contribution < 1.29 is 9.50 Å². The third-order valence-corrected chi connectivity index (χ3v) is 4.01. The van der Waals surface area contributed by atoms with Crippen molar-refractivity contribution in [1.82, 2.24) is 0 Å². The van der Waals surface area contributed by atoms with E-state index in [9.17, 15) is 9.50 Å². The lowest BCUT2D eigenvalue weighted by molar-refractivity contribution is 0.263. The van der Waals surface area contributed by atoms with Crippen molar-refractivity contribution in [2.75, 3.05) is 6.61 Å². The molecule has 4 heteroatoms. The Balaban J connectivity index is 2.24. The minimum absolute atomic E-state index is 0.00798. The number of aliphatic hydroxyl groups excluding tert-OH is 1. The summed E-state index contributed by atoms with van der Waals surface area (Å²) >= 11 is 6.65. The Bertz CT molecular complexity index is 572. The molecule has 0 fully saturated rings. The number of hydrogen-bond acceptors (Lipinski definition) is 1. The molecule has 1 atom stereocenters. The van der Waals surface area contributed by atoms with Crippen molar-refractivity contribution in [2.24, 2.45) is 0 Å². The second-order valence-electron chi connectivity index (χ2n) is 4.37. The Morgan fingerprint density at radius 2 is 1.79 bits per heavy atom. The number of halogens is 3. The third kappa shape index (κ3) is 3.88. The zero-order valence-electron chi connectivity index (χ0n) is 10.1. The highest BCUT2D eigenvalue weighted by Gasteiger charge is 2.14. The van der Waals surface area contributed by atoms with Crippen LogP contribution in [0.1, 0.15) is 17.0 Å². The van der Waals surface area contributed by atoms with Crippen LogP contribution in [0.5, 0.6) is 0 Å². The van der Waals surface area contributed by atoms with Gasteiger partial charge in [-0.3, -0.25) is 0 Å². The van der Waals surface area contributed by atoms with Crippen LogP contribution in [-0.4, -0.2) is 11.7 Å². The lowest BCUT2D eigenvalue weighted by atomic mass is 9.92. The van der Waals surface area contributed by atoms with Crippen LogP contribution in [0.4, 0.5) is 4.39 Å². The molecular weight excluding hydrogens is 375 g/mol. The second-order valence-corrected chi connectivity index (χ2v) is 6.21. The van der Waals surface area contributed by atoms with Gasteiger partial charge in [-0.1, -0.05) is 50.1 Å². The molecule has 0 aliphatic rings. The van der Waals surface area contributed by atoms with Crippen molar-refractivity contribution in [2.45, 2.75) is 12.3 Å². The van der Waals surface area contributed by atoms with Crippen LogP contribution in [0.15, 0.2) is 51.4 Å². The van der Waals surface area contributed by atoms with E-state index >= 15 is 0 Å². The van der Waals surface area contributed by atoms with Gasteiger partial charge in [0.1, 0.15) is 5.82 Å². The number of rotatable bonds is 4. The molecule has 1 N–H and O–H groups in total. The van der Waals surface area contributed by atoms with E-state index in [2.05, 4.69) is 31.9 Å². The largest absolute Gasteiger partial charge is 0.396 e. The molecular formula is C15H13Br2FO. The molecule has 100 valence electrons. The summed E-state index contributed by atoms with van der Waals surface area (Å²) in [7, 11) is 0. The van der Waals surface area contributed by atoms with Crippen molar-refractivity contribution in [3.8, 4) is 0 Å². The quantitative estimate of drug-likeness (QED) is 0.808. The van der Waals surface area contributed by atoms with Gasteiger partial charge in [0.2, 0.25) is 0 Å². The first-order chi connectivity index (χ1) is 9.10. The first kappa shape index (κ1) is 14.7. The van der Waals surface area contributed by atoms with Gasteiger partial charge in [0.15, 0.2) is 0 Å². The maximum Gasteiger partial charge on any atom is 0.127 e. The van der Waals surface area contributed by atoms with Crippen LogP contribution in [0.25, 0.3) is 0 Å². The van der Waals surface area contributed by atoms with E-state index in [4.69, 9.17) is 0 Å². The van der Waals surface area contributed by atoms with Crippen molar-refractivity contribution in [3.63, 3.8) is 0 Å². The summed E-state index contributed by atoms with van der Waals surface area (Å²) < 4.78 is 15.5. The summed E-state index contributed by atoms with van der Waals surface area (Å²) in [6, 6.07) is 12.8. The minimum atomic E-state index is -0.247. The number of aliphatic hydroxyl groups is 1. The lowest BCUT2D eigenvalue weighted by Crippen LogP contribution is -2.09. The summed E-state index contributed by atoms with van der Waals surface area (Å²) in [5.74, 6) is -0.351. The fourth-order valence-corrected chi connectivity index (χ4v) is 2.75. The highest BCUT2D eigenvalue weighted by atomic mass is 79.9. The normalized spacial score (nSPS) is 12.4. The molecule has 0 saturated carbocycles. The Kier molecular flexibility index (Phi) is 5.13. The lowest BCUT2D eigenvalue weighted by Gasteiger charge is -2.15. The summed E-state index contributed by atoms with van der Waals surface area (Å²) in [6.45, 7) is -0.00798. The maximum atomic E-state index is 13.8. The molecule has 2 rings (SSSR count). The maximum absolute atomic E-state index is 13.8. The van der Waals surface area contributed by atoms with E-state index in [1.165, 1.54) is 6.07 Å². The molecule has 0 radical (unpaired) electrons. The van der Waals surface area contributed by atoms with Crippen LogP contribution < -0.4 is 0 Å². The van der Waals surface area contributed by atoms with Gasteiger partial charge in [0.05, 0.1) is 6.61 Å². The average molecular weight is 388 g/mol. The molecule has 1 nitrogen and oxygen atoms in total. The highest BCUT2D eigenvalue weighted by molar-refractivity contribution is 9.10. The second kappa shape index (κ2) is 6.64. The van der Waals surface area contributed by atoms with E-state index in [0.29, 0.717) is 12.0 Å². The van der Waals surface area contributed by atoms with Gasteiger partial charge in [0.25, 0.3) is 0 Å². The van der Waals surface area contributed by atoms with Gasteiger partial charge in [-0.25, -0.2) is 4.39 Å². The smallest absolute Gasteiger partial charge is 0.127 e. The predicted molar refractivity (Wildman–Crippen MR) is 81.8 cm³/mol. The molecule has 0 aromatic heterocycles. The van der Waals surface area contributed by atoms with E-state index in [1.807, 2.05) is 30.3 Å². The Morgan fingerprint density at radius 1 is 1.05 bits per heavy atom. The third-order valence-electron chi connectivity index (χ3n) is 3.02. The van der Waals surface area contributed by atoms with Crippen LogP contribution in [0, 0.1) is 5.82 Å². The Labute approximate surface area is 128 Å². The summed E-state index contributed by atoms with van der Waals surface area (Å²) in [4.78, 5) is 0. The molecule has 2 aromatic rings. The van der Waals surface area contributed by atoms with Crippen molar-refractivity contribution in [3.05, 3.63) is 68.4 Å². The standard InChI is InChI=1S/C15H13Br2FO/c16-13-3-1-2-10(7-13)12(9-19)6-11-4-5-14(17)8-15(11)18/h1-5,7-8,12,19H,6,9H2. The SMILES string of the molecule is OCC(Cc1ccc(Br)cc1F)c1cccc(Br)c1. The first-order valence-corrected chi connectivity index (χ1v) is 7.49. The molecule has 1 unspecified atom stereocenters. The molecule has 0 aliphatic carbocycles. The van der Waals surface area contributed by atoms with Gasteiger partial charge in [-0.15, -0.1) is 0 Å². The van der Waals surface area contributed by atoms with E-state index in [-0.39, 0.29) is 18.3 Å². The number of benzene rings is 2. The Morgan fingerprint density at radius 3 is 2.42 bits per heavy atom. The topological polar surface area (TPSA) is 20.2 Å². The van der Waals surface area contributed by atoms with Crippen LogP contribution >= 0.6 is 31.9 Å². The fourth-order valence-electron chi connectivity index (χ4n) is 2.00. The van der Waals surface area contributed by atoms with E-state index < -0.39 is 0 Å². The molecule has 19 heavy (non-hydrogen) atoms. The van der Waals surface area contributed by atoms with Gasteiger partial charge >= 0.3 is 0 Å². The van der Waals surface area contributed by atoms with Gasteiger partial charge in [-0.2, -0.15) is 0 Å². The summed E-state index contributed by atoms with van der Waals surface area (Å²) in [6.07, 6.45) is 0.478. The number of hydrogen-bond donors (Lipinski definition) is 1. The first-order valence-electron chi connectivity index (χ1n) is 5.90. The molecule has 0 saturated heterocycles. The Hall–Kier alpha value is -0.710. The fraction of sp³-hybridized carbons (Fsp3) is 0.200. The monoisotopic (exact) mass is 386 g/mol. The van der Waals surface area contributed by atoms with Crippen LogP contribution in [0.2, 0.25) is 0 Å². The molecule has 0 amide bonds. The zero-order chi connectivity index (χ0) is 13.8. The van der Waals surface area contributed by atoms with E-state index in [1.54, 1.807) is 6.07 Å². The summed E-state index contributed by atoms with van der Waals surface area (Å²) in [5, 5.41) is 9.53. The molecule has 0 aliphatic heterocycles. The van der Waals surface area contributed by atoms with Crippen molar-refractivity contribution in [1.29, 1.82) is 0 Å². The van der Waals surface area contributed by atoms with Gasteiger partial charge < -0.3 is 5.11 Å². The highest BCUT2D eigenvalue weighted by Crippen LogP contribution is 2.25. The predicted octanol–water partition coefficient (Wildman–Crippen LogP) is 4.67. The van der Waals surface area contributed by atoms with Crippen LogP contribution in [0.3, 0.4) is 0 Å². The van der Waals surface area contributed by atoms with Gasteiger partial charge in [-0.05, 0) is 41.8 Å². The molecule has 0 bridgehead atoms. The molecule has 0 heterocycles. The van der Waals surface area contributed by atoms with Crippen molar-refractivity contribution >= 4 is 31.9 Å². The average Bonchev–Trinajstić information content (AvgIpc) is 2.38. The molecule has 2 aromatic carbocycles. The van der Waals surface area contributed by atoms with Crippen LogP contribution in [-0.2, 0) is 6.42 Å². The zero-order valence-corrected chi connectivity index (χ0v) is 13.3. The molecule has 0 spiro atoms. The minimum Gasteiger partial charge on any atom is -0.396 e.